The maximum absolute atomic E-state index is 10.1. The number of thiophene rings is 1. The maximum Gasteiger partial charge on any atom is 0.116 e. The van der Waals surface area contributed by atoms with E-state index in [0.717, 1.165) is 24.9 Å². The van der Waals surface area contributed by atoms with E-state index >= 15 is 0 Å². The molecule has 2 saturated heterocycles. The summed E-state index contributed by atoms with van der Waals surface area (Å²) in [5.74, 6) is 0.343. The van der Waals surface area contributed by atoms with Gasteiger partial charge >= 0.3 is 0 Å². The lowest BCUT2D eigenvalue weighted by molar-refractivity contribution is 0.157. The lowest BCUT2D eigenvalue weighted by atomic mass is 9.86. The molecular formula is C26H27NOS. The second kappa shape index (κ2) is 7.81. The van der Waals surface area contributed by atoms with E-state index < -0.39 is 0 Å². The van der Waals surface area contributed by atoms with Crippen LogP contribution in [0.1, 0.15) is 47.9 Å². The Labute approximate surface area is 177 Å². The number of rotatable bonds is 4. The Bertz CT molecular complexity index is 1020. The van der Waals surface area contributed by atoms with Crippen LogP contribution >= 0.6 is 11.3 Å². The van der Waals surface area contributed by atoms with Crippen molar-refractivity contribution in [3.8, 4) is 5.75 Å². The molecule has 0 saturated carbocycles. The van der Waals surface area contributed by atoms with Crippen molar-refractivity contribution < 1.29 is 5.11 Å². The molecule has 2 unspecified atom stereocenters. The molecule has 2 aliphatic rings. The van der Waals surface area contributed by atoms with E-state index in [1.807, 2.05) is 12.1 Å². The minimum Gasteiger partial charge on any atom is -0.508 e. The first-order valence-electron chi connectivity index (χ1n) is 10.5. The summed E-state index contributed by atoms with van der Waals surface area (Å²) in [7, 11) is 0. The Morgan fingerprint density at radius 2 is 1.79 bits per heavy atom. The molecule has 29 heavy (non-hydrogen) atoms. The van der Waals surface area contributed by atoms with Gasteiger partial charge in [0.05, 0.1) is 0 Å². The Kier molecular flexibility index (Phi) is 5.03. The van der Waals surface area contributed by atoms with Gasteiger partial charge in [0.15, 0.2) is 0 Å². The van der Waals surface area contributed by atoms with Crippen LogP contribution in [-0.2, 0) is 6.54 Å². The number of aryl methyl sites for hydroxylation is 1. The fourth-order valence-electron chi connectivity index (χ4n) is 5.19. The smallest absolute Gasteiger partial charge is 0.116 e. The zero-order valence-corrected chi connectivity index (χ0v) is 17.7. The van der Waals surface area contributed by atoms with Gasteiger partial charge in [-0.1, -0.05) is 42.0 Å². The van der Waals surface area contributed by atoms with Gasteiger partial charge in [-0.15, -0.1) is 0 Å². The van der Waals surface area contributed by atoms with Crippen molar-refractivity contribution in [3.63, 3.8) is 0 Å². The van der Waals surface area contributed by atoms with Gasteiger partial charge < -0.3 is 5.11 Å². The SMILES string of the molecule is Cc1ccccc1CN1C2CCC1CC(=C(c1ccsc1)c1cccc(O)c1)C2. The van der Waals surface area contributed by atoms with Crippen molar-refractivity contribution in [2.75, 3.05) is 0 Å². The summed E-state index contributed by atoms with van der Waals surface area (Å²) in [6, 6.07) is 20.0. The third kappa shape index (κ3) is 3.65. The number of benzene rings is 2. The number of nitrogens with zero attached hydrogens (tertiary/aromatic N) is 1. The van der Waals surface area contributed by atoms with Crippen LogP contribution in [0.5, 0.6) is 5.75 Å². The molecule has 2 aliphatic heterocycles. The molecule has 148 valence electrons. The normalized spacial score (nSPS) is 21.5. The van der Waals surface area contributed by atoms with Gasteiger partial charge in [0, 0.05) is 18.6 Å². The summed E-state index contributed by atoms with van der Waals surface area (Å²) >= 11 is 1.74. The van der Waals surface area contributed by atoms with E-state index in [1.54, 1.807) is 23.0 Å². The number of phenolic OH excluding ortho intramolecular Hbond substituents is 1. The molecule has 2 bridgehead atoms. The van der Waals surface area contributed by atoms with Crippen LogP contribution in [0.4, 0.5) is 0 Å². The Balaban J connectivity index is 1.49. The lowest BCUT2D eigenvalue weighted by Crippen LogP contribution is -2.40. The second-order valence-electron chi connectivity index (χ2n) is 8.43. The molecule has 2 atom stereocenters. The molecule has 3 heteroatoms. The molecular weight excluding hydrogens is 374 g/mol. The number of piperidine rings is 1. The van der Waals surface area contributed by atoms with Crippen molar-refractivity contribution in [1.82, 2.24) is 4.90 Å². The predicted molar refractivity (Wildman–Crippen MR) is 121 cm³/mol. The summed E-state index contributed by atoms with van der Waals surface area (Å²) in [4.78, 5) is 2.75. The first kappa shape index (κ1) is 18.7. The van der Waals surface area contributed by atoms with Gasteiger partial charge in [-0.2, -0.15) is 11.3 Å². The van der Waals surface area contributed by atoms with Crippen molar-refractivity contribution in [2.45, 2.75) is 51.2 Å². The van der Waals surface area contributed by atoms with Crippen LogP contribution in [0.15, 0.2) is 70.9 Å². The molecule has 3 heterocycles. The van der Waals surface area contributed by atoms with Crippen LogP contribution < -0.4 is 0 Å². The Morgan fingerprint density at radius 3 is 2.48 bits per heavy atom. The molecule has 2 fully saturated rings. The number of aromatic hydroxyl groups is 1. The van der Waals surface area contributed by atoms with Gasteiger partial charge in [0.25, 0.3) is 0 Å². The number of fused-ring (bicyclic) bond motifs is 2. The van der Waals surface area contributed by atoms with E-state index in [0.29, 0.717) is 17.8 Å². The summed E-state index contributed by atoms with van der Waals surface area (Å²) in [5, 5.41) is 14.5. The maximum atomic E-state index is 10.1. The van der Waals surface area contributed by atoms with Gasteiger partial charge in [-0.3, -0.25) is 4.90 Å². The second-order valence-corrected chi connectivity index (χ2v) is 9.21. The zero-order valence-electron chi connectivity index (χ0n) is 16.8. The third-order valence-electron chi connectivity index (χ3n) is 6.65. The number of hydrogen-bond donors (Lipinski definition) is 1. The van der Waals surface area contributed by atoms with Gasteiger partial charge in [-0.25, -0.2) is 0 Å². The average molecular weight is 402 g/mol. The van der Waals surface area contributed by atoms with E-state index in [4.69, 9.17) is 0 Å². The Morgan fingerprint density at radius 1 is 1.00 bits per heavy atom. The van der Waals surface area contributed by atoms with Crippen LogP contribution in [0.3, 0.4) is 0 Å². The summed E-state index contributed by atoms with van der Waals surface area (Å²) in [6.07, 6.45) is 4.83. The average Bonchev–Trinajstić information content (AvgIpc) is 3.30. The van der Waals surface area contributed by atoms with E-state index in [9.17, 15) is 5.11 Å². The first-order chi connectivity index (χ1) is 14.2. The van der Waals surface area contributed by atoms with Crippen LogP contribution in [0.2, 0.25) is 0 Å². The zero-order chi connectivity index (χ0) is 19.8. The quantitative estimate of drug-likeness (QED) is 0.547. The molecule has 0 aliphatic carbocycles. The molecule has 0 amide bonds. The standard InChI is InChI=1S/C26H27NOS/c1-18-5-2-3-6-20(18)16-27-23-9-10-24(27)14-22(13-23)26(21-11-12-29-17-21)19-7-4-8-25(28)15-19/h2-8,11-12,15,17,23-24,28H,9-10,13-14,16H2,1H3. The highest BCUT2D eigenvalue weighted by molar-refractivity contribution is 7.08. The topological polar surface area (TPSA) is 23.5 Å². The summed E-state index contributed by atoms with van der Waals surface area (Å²) in [6.45, 7) is 3.29. The Hall–Kier alpha value is -2.36. The molecule has 2 nitrogen and oxygen atoms in total. The molecule has 1 N–H and O–H groups in total. The van der Waals surface area contributed by atoms with Crippen LogP contribution in [-0.4, -0.2) is 22.1 Å². The highest BCUT2D eigenvalue weighted by atomic mass is 32.1. The fraction of sp³-hybridized carbons (Fsp3) is 0.308. The number of hydrogen-bond acceptors (Lipinski definition) is 3. The largest absolute Gasteiger partial charge is 0.508 e. The fourth-order valence-corrected chi connectivity index (χ4v) is 5.84. The third-order valence-corrected chi connectivity index (χ3v) is 7.33. The van der Waals surface area contributed by atoms with Gasteiger partial charge in [0.2, 0.25) is 0 Å². The van der Waals surface area contributed by atoms with Crippen LogP contribution in [0.25, 0.3) is 5.57 Å². The summed E-state index contributed by atoms with van der Waals surface area (Å²) in [5.41, 5.74) is 8.19. The van der Waals surface area contributed by atoms with E-state index in [2.05, 4.69) is 59.0 Å². The van der Waals surface area contributed by atoms with Crippen molar-refractivity contribution in [2.24, 2.45) is 0 Å². The molecule has 3 aromatic rings. The number of phenols is 1. The predicted octanol–water partition coefficient (Wildman–Crippen LogP) is 6.39. The van der Waals surface area contributed by atoms with E-state index in [-0.39, 0.29) is 0 Å². The first-order valence-corrected chi connectivity index (χ1v) is 11.5. The minimum atomic E-state index is 0.343. The van der Waals surface area contributed by atoms with Crippen molar-refractivity contribution in [1.29, 1.82) is 0 Å². The molecule has 2 aromatic carbocycles. The van der Waals surface area contributed by atoms with Gasteiger partial charge in [-0.05, 0) is 89.4 Å². The monoisotopic (exact) mass is 401 g/mol. The highest BCUT2D eigenvalue weighted by Crippen LogP contribution is 2.44. The van der Waals surface area contributed by atoms with Crippen LogP contribution in [0, 0.1) is 6.92 Å². The van der Waals surface area contributed by atoms with E-state index in [1.165, 1.54) is 35.1 Å². The molecule has 0 spiro atoms. The van der Waals surface area contributed by atoms with Gasteiger partial charge in [0.1, 0.15) is 5.75 Å². The minimum absolute atomic E-state index is 0.343. The lowest BCUT2D eigenvalue weighted by Gasteiger charge is -2.37. The molecule has 0 radical (unpaired) electrons. The highest BCUT2D eigenvalue weighted by Gasteiger charge is 2.39. The molecule has 1 aromatic heterocycles. The summed E-state index contributed by atoms with van der Waals surface area (Å²) < 4.78 is 0. The van der Waals surface area contributed by atoms with Crippen molar-refractivity contribution >= 4 is 16.9 Å². The molecule has 5 rings (SSSR count). The van der Waals surface area contributed by atoms with Crippen molar-refractivity contribution in [3.05, 3.63) is 93.2 Å².